The summed E-state index contributed by atoms with van der Waals surface area (Å²) in [6.45, 7) is 14.5. The number of hydrogen-bond acceptors (Lipinski definition) is 5. The van der Waals surface area contributed by atoms with Crippen molar-refractivity contribution in [3.63, 3.8) is 0 Å². The monoisotopic (exact) mass is 1190 g/mol. The van der Waals surface area contributed by atoms with Crippen molar-refractivity contribution in [3.8, 4) is 11.5 Å². The molecule has 6 heteroatoms. The van der Waals surface area contributed by atoms with Crippen LogP contribution in [-0.4, -0.2) is 43.4 Å². The Kier molecular flexibility index (Phi) is 59.0. The highest BCUT2D eigenvalue weighted by molar-refractivity contribution is 14.1. The first-order chi connectivity index (χ1) is 38.0. The molecular weight excluding hydrogens is 1060 g/mol. The maximum atomic E-state index is 12.4. The van der Waals surface area contributed by atoms with Crippen LogP contribution in [-0.2, 0) is 9.47 Å². The van der Waals surface area contributed by atoms with E-state index in [2.05, 4.69) is 27.7 Å². The zero-order valence-corrected chi connectivity index (χ0v) is 54.5. The van der Waals surface area contributed by atoms with Crippen molar-refractivity contribution in [3.05, 3.63) is 23.8 Å². The van der Waals surface area contributed by atoms with E-state index >= 15 is 0 Å². The molecule has 0 bridgehead atoms. The second-order valence-electron chi connectivity index (χ2n) is 24.2. The quantitative estimate of drug-likeness (QED) is 0.0370. The number of unbranched alkanes of at least 4 members (excludes halogenated alkanes) is 42. The van der Waals surface area contributed by atoms with E-state index in [1.165, 1.54) is 321 Å². The molecule has 77 heavy (non-hydrogen) atoms. The molecule has 1 aromatic rings. The second kappa shape index (κ2) is 61.2. The first-order valence-electron chi connectivity index (χ1n) is 34.8. The predicted octanol–water partition coefficient (Wildman–Crippen LogP) is 24.6. The van der Waals surface area contributed by atoms with Crippen molar-refractivity contribution < 1.29 is 23.7 Å². The molecule has 0 heterocycles. The van der Waals surface area contributed by atoms with Gasteiger partial charge in [0.1, 0.15) is 11.5 Å². The van der Waals surface area contributed by atoms with Gasteiger partial charge < -0.3 is 18.9 Å². The predicted molar refractivity (Wildman–Crippen MR) is 347 cm³/mol. The molecular formula is C71H133IO5. The molecule has 0 amide bonds. The molecule has 0 N–H and O–H groups in total. The van der Waals surface area contributed by atoms with Crippen molar-refractivity contribution in [1.82, 2.24) is 0 Å². The van der Waals surface area contributed by atoms with Gasteiger partial charge in [-0.05, 0) is 75.3 Å². The zero-order chi connectivity index (χ0) is 55.4. The largest absolute Gasteiger partial charge is 0.493 e. The Morgan fingerprint density at radius 3 is 0.896 bits per heavy atom. The number of hydrogen-bond donors (Lipinski definition) is 0. The van der Waals surface area contributed by atoms with E-state index in [1.807, 2.05) is 40.8 Å². The van der Waals surface area contributed by atoms with Gasteiger partial charge in [-0.25, -0.2) is 0 Å². The van der Waals surface area contributed by atoms with Crippen LogP contribution in [0.5, 0.6) is 11.5 Å². The lowest BCUT2D eigenvalue weighted by Gasteiger charge is -2.17. The van der Waals surface area contributed by atoms with Gasteiger partial charge in [0.05, 0.1) is 18.8 Å². The van der Waals surface area contributed by atoms with Gasteiger partial charge >= 0.3 is 0 Å². The van der Waals surface area contributed by atoms with Crippen molar-refractivity contribution in [2.24, 2.45) is 11.8 Å². The summed E-state index contributed by atoms with van der Waals surface area (Å²) in [6.07, 6.45) is 70.3. The lowest BCUT2D eigenvalue weighted by Crippen LogP contribution is -2.11. The van der Waals surface area contributed by atoms with E-state index in [0.29, 0.717) is 24.5 Å². The molecule has 454 valence electrons. The van der Waals surface area contributed by atoms with E-state index < -0.39 is 0 Å². The molecule has 5 nitrogen and oxygen atoms in total. The number of carbonyl (C=O) groups is 1. The van der Waals surface area contributed by atoms with Crippen molar-refractivity contribution in [2.75, 3.05) is 39.6 Å². The third kappa shape index (κ3) is 51.7. The Labute approximate surface area is 495 Å². The molecule has 0 saturated heterocycles. The summed E-state index contributed by atoms with van der Waals surface area (Å²) in [5.41, 5.74) is 0.645. The summed E-state index contributed by atoms with van der Waals surface area (Å²) in [4.78, 5) is 12.4. The molecule has 0 aliphatic heterocycles. The molecule has 0 saturated carbocycles. The maximum absolute atomic E-state index is 12.4. The van der Waals surface area contributed by atoms with Gasteiger partial charge in [-0.15, -0.1) is 0 Å². The van der Waals surface area contributed by atoms with E-state index in [4.69, 9.17) is 18.9 Å². The summed E-state index contributed by atoms with van der Waals surface area (Å²) in [5.74, 6) is 3.03. The van der Waals surface area contributed by atoms with Gasteiger partial charge in [0.2, 0.25) is 3.79 Å². The van der Waals surface area contributed by atoms with Crippen LogP contribution in [0.3, 0.4) is 0 Å². The Bertz CT molecular complexity index is 1320. The minimum atomic E-state index is 0.0179. The third-order valence-electron chi connectivity index (χ3n) is 16.6. The van der Waals surface area contributed by atoms with Crippen molar-refractivity contribution >= 4 is 26.4 Å². The van der Waals surface area contributed by atoms with Crippen LogP contribution in [0.4, 0.5) is 0 Å². The molecule has 1 rings (SSSR count). The van der Waals surface area contributed by atoms with Crippen LogP contribution in [0.2, 0.25) is 0 Å². The summed E-state index contributed by atoms with van der Waals surface area (Å²) in [7, 11) is 0. The van der Waals surface area contributed by atoms with Gasteiger partial charge in [0, 0.05) is 55.1 Å². The Balaban J connectivity index is 2.10. The average molecular weight is 1190 g/mol. The summed E-state index contributed by atoms with van der Waals surface area (Å²) in [6, 6.07) is 5.74. The number of ether oxygens (including phenoxy) is 4. The SMILES string of the molecule is CCCCCCCCCCC(CCCCCCCC)COCCCCCCCCCCCCOc1ccc(C(=O)I)c(OCCCCCCCCCCCCOCC(CCCCCCCC)CCCCCCCCCC)c1. The van der Waals surface area contributed by atoms with Gasteiger partial charge in [-0.3, -0.25) is 4.79 Å². The lowest BCUT2D eigenvalue weighted by molar-refractivity contribution is 0.0878. The molecule has 0 aliphatic rings. The normalized spacial score (nSPS) is 12.4. The standard InChI is InChI=1S/C71H133IO5/c1-5-9-13-17-21-31-39-47-55-66(53-45-37-19-15-11-7-3)64-74-59-49-41-33-27-23-25-29-35-43-51-61-76-68-57-58-69(71(72)73)70(63-68)77-62-52-44-36-30-26-24-28-34-42-50-60-75-65-67(54-46-38-20-16-12-8-4)56-48-40-32-22-18-14-10-6-2/h57-58,63,66-67H,5-56,59-62,64-65H2,1-4H3. The lowest BCUT2D eigenvalue weighted by atomic mass is 9.94. The summed E-state index contributed by atoms with van der Waals surface area (Å²) in [5, 5.41) is 0. The Morgan fingerprint density at radius 1 is 0.338 bits per heavy atom. The molecule has 0 spiro atoms. The van der Waals surface area contributed by atoms with Crippen LogP contribution in [0.25, 0.3) is 0 Å². The molecule has 0 fully saturated rings. The van der Waals surface area contributed by atoms with E-state index in [0.717, 1.165) is 56.9 Å². The van der Waals surface area contributed by atoms with Crippen molar-refractivity contribution in [2.45, 2.75) is 362 Å². The number of carbonyl (C=O) groups excluding carboxylic acids is 1. The van der Waals surface area contributed by atoms with E-state index in [-0.39, 0.29) is 3.79 Å². The fraction of sp³-hybridized carbons (Fsp3) is 0.901. The Morgan fingerprint density at radius 2 is 0.597 bits per heavy atom. The number of rotatable bonds is 65. The van der Waals surface area contributed by atoms with Gasteiger partial charge in [-0.1, -0.05) is 310 Å². The average Bonchev–Trinajstić information content (AvgIpc) is 3.43. The fourth-order valence-corrected chi connectivity index (χ4v) is 11.8. The van der Waals surface area contributed by atoms with Gasteiger partial charge in [-0.2, -0.15) is 0 Å². The topological polar surface area (TPSA) is 54.0 Å². The van der Waals surface area contributed by atoms with Crippen LogP contribution >= 0.6 is 22.6 Å². The van der Waals surface area contributed by atoms with Gasteiger partial charge in [0.15, 0.2) is 0 Å². The minimum Gasteiger partial charge on any atom is -0.493 e. The first-order valence-corrected chi connectivity index (χ1v) is 35.9. The maximum Gasteiger partial charge on any atom is 0.226 e. The minimum absolute atomic E-state index is 0.0179. The third-order valence-corrected chi connectivity index (χ3v) is 17.2. The fourth-order valence-electron chi connectivity index (χ4n) is 11.4. The van der Waals surface area contributed by atoms with Crippen LogP contribution in [0, 0.1) is 11.8 Å². The molecule has 2 unspecified atom stereocenters. The van der Waals surface area contributed by atoms with E-state index in [1.54, 1.807) is 0 Å². The summed E-state index contributed by atoms with van der Waals surface area (Å²) < 4.78 is 24.9. The summed E-state index contributed by atoms with van der Waals surface area (Å²) >= 11 is 1.87. The number of benzene rings is 1. The van der Waals surface area contributed by atoms with Gasteiger partial charge in [0.25, 0.3) is 0 Å². The zero-order valence-electron chi connectivity index (χ0n) is 52.3. The highest BCUT2D eigenvalue weighted by Crippen LogP contribution is 2.28. The first kappa shape index (κ1) is 74.2. The molecule has 0 radical (unpaired) electrons. The second-order valence-corrected chi connectivity index (χ2v) is 25.2. The Hall–Kier alpha value is -0.860. The van der Waals surface area contributed by atoms with E-state index in [9.17, 15) is 4.79 Å². The molecule has 2 atom stereocenters. The van der Waals surface area contributed by atoms with Crippen LogP contribution < -0.4 is 9.47 Å². The smallest absolute Gasteiger partial charge is 0.226 e. The number of halogens is 1. The highest BCUT2D eigenvalue weighted by Gasteiger charge is 2.13. The van der Waals surface area contributed by atoms with Crippen LogP contribution in [0.1, 0.15) is 372 Å². The van der Waals surface area contributed by atoms with Crippen LogP contribution in [0.15, 0.2) is 18.2 Å². The molecule has 1 aromatic carbocycles. The molecule has 0 aliphatic carbocycles. The van der Waals surface area contributed by atoms with Crippen molar-refractivity contribution in [1.29, 1.82) is 0 Å². The molecule has 0 aromatic heterocycles. The highest BCUT2D eigenvalue weighted by atomic mass is 127.